The Bertz CT molecular complexity index is 2390. The number of fused-ring (bicyclic) bond motifs is 3. The van der Waals surface area contributed by atoms with Gasteiger partial charge in [-0.25, -0.2) is 9.97 Å². The highest BCUT2D eigenvalue weighted by molar-refractivity contribution is 6.10. The Labute approximate surface area is 286 Å². The molecule has 1 atom stereocenters. The number of aromatic nitrogens is 3. The van der Waals surface area contributed by atoms with Gasteiger partial charge in [-0.1, -0.05) is 152 Å². The summed E-state index contributed by atoms with van der Waals surface area (Å²) in [5.74, 6) is 0.956. The lowest BCUT2D eigenvalue weighted by Gasteiger charge is -2.21. The van der Waals surface area contributed by atoms with Crippen molar-refractivity contribution in [3.05, 3.63) is 188 Å². The van der Waals surface area contributed by atoms with E-state index < -0.39 is 0 Å². The van der Waals surface area contributed by atoms with Crippen LogP contribution in [0, 0.1) is 0 Å². The van der Waals surface area contributed by atoms with E-state index in [0.29, 0.717) is 0 Å². The Hall–Kier alpha value is -6.32. The van der Waals surface area contributed by atoms with Crippen LogP contribution in [0.4, 0.5) is 0 Å². The quantitative estimate of drug-likeness (QED) is 0.184. The van der Waals surface area contributed by atoms with Crippen molar-refractivity contribution in [2.45, 2.75) is 12.3 Å². The van der Waals surface area contributed by atoms with Crippen molar-refractivity contribution in [3.8, 4) is 50.5 Å². The highest BCUT2D eigenvalue weighted by Crippen LogP contribution is 2.44. The van der Waals surface area contributed by atoms with Gasteiger partial charge in [-0.05, 0) is 47.9 Å². The number of benzene rings is 6. The molecule has 0 saturated heterocycles. The SMILES string of the molecule is C1=CCC(c2nc(-c3ccccc3)cc(-c3cc(-c4ccccc4)c(-n4c5ccccc5c5ccccc54)c(-c4ccccc4)c3)n2)C=C1. The van der Waals surface area contributed by atoms with Crippen molar-refractivity contribution >= 4 is 21.8 Å². The summed E-state index contributed by atoms with van der Waals surface area (Å²) in [5.41, 5.74) is 12.1. The first-order chi connectivity index (χ1) is 24.3. The van der Waals surface area contributed by atoms with E-state index in [1.54, 1.807) is 0 Å². The minimum Gasteiger partial charge on any atom is -0.308 e. The molecule has 6 aromatic carbocycles. The van der Waals surface area contributed by atoms with Crippen LogP contribution >= 0.6 is 0 Å². The molecule has 0 amide bonds. The normalized spacial score (nSPS) is 14.1. The fraction of sp³-hybridized carbons (Fsp3) is 0.0435. The summed E-state index contributed by atoms with van der Waals surface area (Å²) in [5, 5.41) is 2.48. The van der Waals surface area contributed by atoms with E-state index in [4.69, 9.17) is 9.97 Å². The van der Waals surface area contributed by atoms with Crippen LogP contribution in [0.5, 0.6) is 0 Å². The first-order valence-electron chi connectivity index (χ1n) is 16.9. The predicted octanol–water partition coefficient (Wildman–Crippen LogP) is 11.8. The van der Waals surface area contributed by atoms with Crippen molar-refractivity contribution in [3.63, 3.8) is 0 Å². The maximum absolute atomic E-state index is 5.31. The van der Waals surface area contributed by atoms with Gasteiger partial charge in [-0.2, -0.15) is 0 Å². The van der Waals surface area contributed by atoms with E-state index in [9.17, 15) is 0 Å². The molecule has 2 aromatic heterocycles. The molecule has 232 valence electrons. The molecule has 0 aliphatic heterocycles. The van der Waals surface area contributed by atoms with Gasteiger partial charge >= 0.3 is 0 Å². The lowest BCUT2D eigenvalue weighted by molar-refractivity contribution is 0.775. The predicted molar refractivity (Wildman–Crippen MR) is 204 cm³/mol. The number of hydrogen-bond donors (Lipinski definition) is 0. The molecule has 3 nitrogen and oxygen atoms in total. The third kappa shape index (κ3) is 5.26. The summed E-state index contributed by atoms with van der Waals surface area (Å²) < 4.78 is 2.46. The molecule has 1 aliphatic rings. The maximum Gasteiger partial charge on any atom is 0.136 e. The molecule has 1 aliphatic carbocycles. The van der Waals surface area contributed by atoms with E-state index in [1.807, 2.05) is 6.07 Å². The van der Waals surface area contributed by atoms with Crippen LogP contribution < -0.4 is 0 Å². The van der Waals surface area contributed by atoms with Gasteiger partial charge in [-0.3, -0.25) is 0 Å². The summed E-state index contributed by atoms with van der Waals surface area (Å²) in [6, 6.07) is 56.3. The number of nitrogens with zero attached hydrogens (tertiary/aromatic N) is 3. The Balaban J connectivity index is 1.38. The second-order valence-electron chi connectivity index (χ2n) is 12.5. The number of hydrogen-bond acceptors (Lipinski definition) is 2. The Morgan fingerprint density at radius 3 is 1.49 bits per heavy atom. The van der Waals surface area contributed by atoms with Gasteiger partial charge in [0.1, 0.15) is 5.82 Å². The summed E-state index contributed by atoms with van der Waals surface area (Å²) in [4.78, 5) is 10.5. The van der Waals surface area contributed by atoms with Crippen molar-refractivity contribution in [2.24, 2.45) is 0 Å². The molecular weight excluding hydrogens is 595 g/mol. The van der Waals surface area contributed by atoms with Crippen LogP contribution in [0.3, 0.4) is 0 Å². The Kier molecular flexibility index (Phi) is 7.29. The highest BCUT2D eigenvalue weighted by atomic mass is 15.0. The molecule has 0 bridgehead atoms. The summed E-state index contributed by atoms with van der Waals surface area (Å²) in [7, 11) is 0. The van der Waals surface area contributed by atoms with E-state index in [0.717, 1.165) is 62.7 Å². The van der Waals surface area contributed by atoms with Crippen LogP contribution in [0.1, 0.15) is 18.2 Å². The van der Waals surface area contributed by atoms with Crippen molar-refractivity contribution < 1.29 is 0 Å². The Morgan fingerprint density at radius 2 is 0.959 bits per heavy atom. The van der Waals surface area contributed by atoms with Crippen LogP contribution in [0.25, 0.3) is 72.3 Å². The zero-order chi connectivity index (χ0) is 32.6. The molecule has 0 radical (unpaired) electrons. The molecule has 2 heterocycles. The molecule has 0 fully saturated rings. The lowest BCUT2D eigenvalue weighted by Crippen LogP contribution is -2.06. The molecule has 49 heavy (non-hydrogen) atoms. The zero-order valence-corrected chi connectivity index (χ0v) is 26.9. The third-order valence-corrected chi connectivity index (χ3v) is 9.50. The second kappa shape index (κ2) is 12.4. The molecular formula is C46H33N3. The lowest BCUT2D eigenvalue weighted by atomic mass is 9.91. The van der Waals surface area contributed by atoms with Crippen molar-refractivity contribution in [2.75, 3.05) is 0 Å². The number of para-hydroxylation sites is 2. The minimum absolute atomic E-state index is 0.117. The van der Waals surface area contributed by atoms with Gasteiger partial charge in [0.25, 0.3) is 0 Å². The van der Waals surface area contributed by atoms with Gasteiger partial charge in [0, 0.05) is 38.9 Å². The summed E-state index contributed by atoms with van der Waals surface area (Å²) >= 11 is 0. The molecule has 8 aromatic rings. The topological polar surface area (TPSA) is 30.7 Å². The summed E-state index contributed by atoms with van der Waals surface area (Å²) in [6.07, 6.45) is 9.50. The minimum atomic E-state index is 0.117. The molecule has 3 heteroatoms. The molecule has 0 spiro atoms. The van der Waals surface area contributed by atoms with Gasteiger partial charge in [-0.15, -0.1) is 0 Å². The largest absolute Gasteiger partial charge is 0.308 e. The van der Waals surface area contributed by atoms with Crippen LogP contribution in [0.15, 0.2) is 182 Å². The standard InChI is InChI=1S/C46H33N3/c1-5-17-32(18-6-1)39-29-36(42-31-41(34-21-9-3-10-22-34)47-46(48-42)35-23-11-4-12-24-35)30-40(33-19-7-2-8-20-33)45(39)49-43-27-15-13-25-37(43)38-26-14-16-28-44(38)49/h1-23,25-31,35H,24H2. The van der Waals surface area contributed by atoms with Gasteiger partial charge in [0.05, 0.1) is 28.1 Å². The van der Waals surface area contributed by atoms with Gasteiger partial charge in [0.2, 0.25) is 0 Å². The highest BCUT2D eigenvalue weighted by Gasteiger charge is 2.23. The Morgan fingerprint density at radius 1 is 0.469 bits per heavy atom. The molecule has 1 unspecified atom stereocenters. The number of rotatable bonds is 6. The van der Waals surface area contributed by atoms with Crippen LogP contribution in [-0.2, 0) is 0 Å². The van der Waals surface area contributed by atoms with E-state index in [-0.39, 0.29) is 5.92 Å². The molecule has 0 N–H and O–H groups in total. The van der Waals surface area contributed by atoms with E-state index in [1.165, 1.54) is 21.8 Å². The first-order valence-corrected chi connectivity index (χ1v) is 16.9. The monoisotopic (exact) mass is 627 g/mol. The fourth-order valence-corrected chi connectivity index (χ4v) is 7.17. The van der Waals surface area contributed by atoms with Gasteiger partial charge in [0.15, 0.2) is 0 Å². The van der Waals surface area contributed by atoms with Crippen LogP contribution in [-0.4, -0.2) is 14.5 Å². The first kappa shape index (κ1) is 28.9. The molecule has 9 rings (SSSR count). The second-order valence-corrected chi connectivity index (χ2v) is 12.5. The van der Waals surface area contributed by atoms with E-state index >= 15 is 0 Å². The molecule has 0 saturated carbocycles. The fourth-order valence-electron chi connectivity index (χ4n) is 7.17. The van der Waals surface area contributed by atoms with Crippen molar-refractivity contribution in [1.29, 1.82) is 0 Å². The van der Waals surface area contributed by atoms with Gasteiger partial charge < -0.3 is 4.57 Å². The average Bonchev–Trinajstić information content (AvgIpc) is 3.52. The summed E-state index contributed by atoms with van der Waals surface area (Å²) in [6.45, 7) is 0. The maximum atomic E-state index is 5.31. The third-order valence-electron chi connectivity index (χ3n) is 9.50. The van der Waals surface area contributed by atoms with Crippen LogP contribution in [0.2, 0.25) is 0 Å². The smallest absolute Gasteiger partial charge is 0.136 e. The van der Waals surface area contributed by atoms with Crippen molar-refractivity contribution in [1.82, 2.24) is 14.5 Å². The number of allylic oxidation sites excluding steroid dienone is 4. The zero-order valence-electron chi connectivity index (χ0n) is 26.9. The van der Waals surface area contributed by atoms with E-state index in [2.05, 4.69) is 181 Å². The average molecular weight is 628 g/mol.